The third-order valence-electron chi connectivity index (χ3n) is 3.68. The SMILES string of the molecule is CCCS(=O)(=O)Nc1ccc(Oc2ccc(-n3nc(C)cc3C)nn2)cc1. The van der Waals surface area contributed by atoms with E-state index in [1.54, 1.807) is 41.1 Å². The molecule has 0 aliphatic rings. The smallest absolute Gasteiger partial charge is 0.238 e. The molecule has 0 bridgehead atoms. The number of benzene rings is 1. The van der Waals surface area contributed by atoms with Crippen LogP contribution >= 0.6 is 0 Å². The summed E-state index contributed by atoms with van der Waals surface area (Å²) in [7, 11) is -3.31. The maximum Gasteiger partial charge on any atom is 0.238 e. The predicted molar refractivity (Wildman–Crippen MR) is 103 cm³/mol. The van der Waals surface area contributed by atoms with Crippen molar-refractivity contribution in [2.75, 3.05) is 10.5 Å². The van der Waals surface area contributed by atoms with E-state index in [1.807, 2.05) is 26.8 Å². The third kappa shape index (κ3) is 4.82. The Morgan fingerprint density at radius 3 is 2.37 bits per heavy atom. The van der Waals surface area contributed by atoms with Crippen LogP contribution < -0.4 is 9.46 Å². The molecule has 3 rings (SSSR count). The summed E-state index contributed by atoms with van der Waals surface area (Å²) in [6, 6.07) is 12.1. The van der Waals surface area contributed by atoms with E-state index in [0.29, 0.717) is 29.6 Å². The monoisotopic (exact) mass is 387 g/mol. The van der Waals surface area contributed by atoms with Gasteiger partial charge in [-0.05, 0) is 56.7 Å². The van der Waals surface area contributed by atoms with Gasteiger partial charge in [0.15, 0.2) is 5.82 Å². The van der Waals surface area contributed by atoms with Crippen molar-refractivity contribution >= 4 is 15.7 Å². The van der Waals surface area contributed by atoms with Crippen molar-refractivity contribution in [1.29, 1.82) is 0 Å². The second-order valence-corrected chi connectivity index (χ2v) is 7.96. The first kappa shape index (κ1) is 18.8. The standard InChI is InChI=1S/C18H21N5O3S/c1-4-11-27(24,25)22-15-5-7-16(8-6-15)26-18-10-9-17(19-20-18)23-14(3)12-13(2)21-23/h5-10,12,22H,4,11H2,1-3H3. The normalized spacial score (nSPS) is 11.4. The number of aromatic nitrogens is 4. The fourth-order valence-electron chi connectivity index (χ4n) is 2.55. The molecule has 0 aliphatic heterocycles. The molecule has 0 atom stereocenters. The number of anilines is 1. The first-order valence-electron chi connectivity index (χ1n) is 8.52. The van der Waals surface area contributed by atoms with Gasteiger partial charge in [-0.1, -0.05) is 6.92 Å². The molecule has 0 amide bonds. The lowest BCUT2D eigenvalue weighted by molar-refractivity contribution is 0.454. The highest BCUT2D eigenvalue weighted by Crippen LogP contribution is 2.22. The fourth-order valence-corrected chi connectivity index (χ4v) is 3.69. The Hall–Kier alpha value is -2.94. The highest BCUT2D eigenvalue weighted by molar-refractivity contribution is 7.92. The van der Waals surface area contributed by atoms with Gasteiger partial charge < -0.3 is 4.74 Å². The number of hydrogen-bond donors (Lipinski definition) is 1. The van der Waals surface area contributed by atoms with Gasteiger partial charge >= 0.3 is 0 Å². The van der Waals surface area contributed by atoms with Crippen molar-refractivity contribution in [3.05, 3.63) is 53.9 Å². The van der Waals surface area contributed by atoms with E-state index in [-0.39, 0.29) is 5.75 Å². The Morgan fingerprint density at radius 2 is 1.81 bits per heavy atom. The van der Waals surface area contributed by atoms with Crippen LogP contribution in [0.3, 0.4) is 0 Å². The van der Waals surface area contributed by atoms with Crippen molar-refractivity contribution < 1.29 is 13.2 Å². The molecule has 0 unspecified atom stereocenters. The lowest BCUT2D eigenvalue weighted by Gasteiger charge is -2.09. The fraction of sp³-hybridized carbons (Fsp3) is 0.278. The summed E-state index contributed by atoms with van der Waals surface area (Å²) in [4.78, 5) is 0. The summed E-state index contributed by atoms with van der Waals surface area (Å²) in [6.07, 6.45) is 0.558. The van der Waals surface area contributed by atoms with Crippen LogP contribution in [-0.2, 0) is 10.0 Å². The lowest BCUT2D eigenvalue weighted by atomic mass is 10.3. The minimum Gasteiger partial charge on any atom is -0.438 e. The largest absolute Gasteiger partial charge is 0.438 e. The molecule has 0 spiro atoms. The molecule has 8 nitrogen and oxygen atoms in total. The molecule has 142 valence electrons. The minimum absolute atomic E-state index is 0.0858. The Morgan fingerprint density at radius 1 is 1.07 bits per heavy atom. The summed E-state index contributed by atoms with van der Waals surface area (Å²) in [5.74, 6) is 1.55. The van der Waals surface area contributed by atoms with Gasteiger partial charge in [0.25, 0.3) is 0 Å². The number of aryl methyl sites for hydroxylation is 2. The molecule has 0 radical (unpaired) electrons. The van der Waals surface area contributed by atoms with Gasteiger partial charge in [-0.2, -0.15) is 5.10 Å². The minimum atomic E-state index is -3.31. The van der Waals surface area contributed by atoms with Gasteiger partial charge in [-0.15, -0.1) is 10.2 Å². The maximum absolute atomic E-state index is 11.8. The van der Waals surface area contributed by atoms with Crippen molar-refractivity contribution in [3.63, 3.8) is 0 Å². The van der Waals surface area contributed by atoms with Crippen molar-refractivity contribution in [3.8, 4) is 17.4 Å². The maximum atomic E-state index is 11.8. The van der Waals surface area contributed by atoms with Gasteiger partial charge in [0.2, 0.25) is 15.9 Å². The van der Waals surface area contributed by atoms with Crippen LogP contribution in [-0.4, -0.2) is 34.1 Å². The van der Waals surface area contributed by atoms with Crippen LogP contribution in [0, 0.1) is 13.8 Å². The van der Waals surface area contributed by atoms with Gasteiger partial charge in [-0.25, -0.2) is 13.1 Å². The van der Waals surface area contributed by atoms with Gasteiger partial charge in [0.05, 0.1) is 11.4 Å². The number of ether oxygens (including phenoxy) is 1. The lowest BCUT2D eigenvalue weighted by Crippen LogP contribution is -2.15. The van der Waals surface area contributed by atoms with Crippen molar-refractivity contribution in [2.45, 2.75) is 27.2 Å². The second kappa shape index (κ2) is 7.75. The zero-order chi connectivity index (χ0) is 19.4. The molecule has 9 heteroatoms. The van der Waals surface area contributed by atoms with Crippen molar-refractivity contribution in [2.24, 2.45) is 0 Å². The number of nitrogens with zero attached hydrogens (tertiary/aromatic N) is 4. The summed E-state index contributed by atoms with van der Waals surface area (Å²) in [5, 5.41) is 12.6. The zero-order valence-corrected chi connectivity index (χ0v) is 16.2. The van der Waals surface area contributed by atoms with Crippen LogP contribution in [0.5, 0.6) is 11.6 Å². The molecule has 2 aromatic heterocycles. The second-order valence-electron chi connectivity index (χ2n) is 6.12. The molecule has 1 N–H and O–H groups in total. The van der Waals surface area contributed by atoms with E-state index in [9.17, 15) is 8.42 Å². The highest BCUT2D eigenvalue weighted by atomic mass is 32.2. The quantitative estimate of drug-likeness (QED) is 0.668. The van der Waals surface area contributed by atoms with E-state index < -0.39 is 10.0 Å². The highest BCUT2D eigenvalue weighted by Gasteiger charge is 2.09. The van der Waals surface area contributed by atoms with Crippen LogP contribution in [0.1, 0.15) is 24.7 Å². The molecule has 2 heterocycles. The summed E-state index contributed by atoms with van der Waals surface area (Å²) in [5.41, 5.74) is 2.36. The summed E-state index contributed by atoms with van der Waals surface area (Å²) < 4.78 is 33.5. The van der Waals surface area contributed by atoms with Gasteiger partial charge in [0.1, 0.15) is 5.75 Å². The molecule has 27 heavy (non-hydrogen) atoms. The molecule has 1 aromatic carbocycles. The Labute approximate surface area is 158 Å². The topological polar surface area (TPSA) is 99.0 Å². The van der Waals surface area contributed by atoms with E-state index in [1.165, 1.54) is 0 Å². The summed E-state index contributed by atoms with van der Waals surface area (Å²) in [6.45, 7) is 5.68. The van der Waals surface area contributed by atoms with Crippen LogP contribution in [0.15, 0.2) is 42.5 Å². The molecular weight excluding hydrogens is 366 g/mol. The van der Waals surface area contributed by atoms with Crippen LogP contribution in [0.4, 0.5) is 5.69 Å². The molecule has 0 saturated heterocycles. The molecular formula is C18H21N5O3S. The van der Waals surface area contributed by atoms with Crippen molar-refractivity contribution in [1.82, 2.24) is 20.0 Å². The number of sulfonamides is 1. The Kier molecular flexibility index (Phi) is 5.41. The van der Waals surface area contributed by atoms with E-state index in [2.05, 4.69) is 20.0 Å². The van der Waals surface area contributed by atoms with E-state index in [4.69, 9.17) is 4.74 Å². The van der Waals surface area contributed by atoms with Crippen LogP contribution in [0.25, 0.3) is 5.82 Å². The Balaban J connectivity index is 1.68. The molecule has 0 fully saturated rings. The number of hydrogen-bond acceptors (Lipinski definition) is 6. The number of rotatable bonds is 7. The average Bonchev–Trinajstić information content (AvgIpc) is 2.95. The summed E-state index contributed by atoms with van der Waals surface area (Å²) >= 11 is 0. The first-order valence-corrected chi connectivity index (χ1v) is 10.2. The van der Waals surface area contributed by atoms with Crippen LogP contribution in [0.2, 0.25) is 0 Å². The Bertz CT molecular complexity index is 1010. The average molecular weight is 387 g/mol. The molecule has 0 saturated carbocycles. The van der Waals surface area contributed by atoms with Gasteiger partial charge in [0, 0.05) is 17.4 Å². The first-order chi connectivity index (χ1) is 12.9. The molecule has 0 aliphatic carbocycles. The third-order valence-corrected chi connectivity index (χ3v) is 5.17. The number of nitrogens with one attached hydrogen (secondary N) is 1. The zero-order valence-electron chi connectivity index (χ0n) is 15.4. The van der Waals surface area contributed by atoms with E-state index in [0.717, 1.165) is 11.4 Å². The van der Waals surface area contributed by atoms with Gasteiger partial charge in [-0.3, -0.25) is 4.72 Å². The molecule has 3 aromatic rings. The predicted octanol–water partition coefficient (Wildman–Crippen LogP) is 3.22. The van der Waals surface area contributed by atoms with E-state index >= 15 is 0 Å².